The molecule has 1 aliphatic rings. The molecule has 3 N–H and O–H groups in total. The van der Waals surface area contributed by atoms with Gasteiger partial charge in [-0.05, 0) is 31.7 Å². The van der Waals surface area contributed by atoms with Gasteiger partial charge in [-0.25, -0.2) is 0 Å². The Labute approximate surface area is 73.8 Å². The highest BCUT2D eigenvalue weighted by Gasteiger charge is 2.18. The Kier molecular flexibility index (Phi) is 4.58. The third-order valence-electron chi connectivity index (χ3n) is 2.62. The van der Waals surface area contributed by atoms with Gasteiger partial charge < -0.3 is 15.5 Å². The van der Waals surface area contributed by atoms with E-state index in [9.17, 15) is 0 Å². The predicted molar refractivity (Wildman–Crippen MR) is 47.9 cm³/mol. The van der Waals surface area contributed by atoms with Crippen molar-refractivity contribution < 1.29 is 10.2 Å². The van der Waals surface area contributed by atoms with E-state index in [0.29, 0.717) is 6.42 Å². The minimum Gasteiger partial charge on any atom is -0.396 e. The van der Waals surface area contributed by atoms with E-state index in [1.807, 2.05) is 0 Å². The third-order valence-corrected chi connectivity index (χ3v) is 2.62. The number of aliphatic hydroxyl groups excluding tert-OH is 2. The second-order valence-corrected chi connectivity index (χ2v) is 3.60. The Balaban J connectivity index is 2.01. The van der Waals surface area contributed by atoms with E-state index in [2.05, 4.69) is 5.32 Å². The molecular formula is C9H19NO2. The molecule has 1 rings (SSSR count). The molecule has 3 nitrogen and oxygen atoms in total. The molecule has 0 aliphatic heterocycles. The molecular weight excluding hydrogens is 154 g/mol. The van der Waals surface area contributed by atoms with E-state index in [1.165, 1.54) is 19.3 Å². The Hall–Kier alpha value is -0.120. The third kappa shape index (κ3) is 3.09. The molecule has 0 bridgehead atoms. The molecule has 0 heterocycles. The zero-order valence-corrected chi connectivity index (χ0v) is 7.50. The summed E-state index contributed by atoms with van der Waals surface area (Å²) < 4.78 is 0. The number of rotatable bonds is 6. The summed E-state index contributed by atoms with van der Waals surface area (Å²) in [6.45, 7) is 1.29. The zero-order valence-electron chi connectivity index (χ0n) is 7.50. The fourth-order valence-corrected chi connectivity index (χ4v) is 1.44. The van der Waals surface area contributed by atoms with Crippen molar-refractivity contribution in [1.82, 2.24) is 5.32 Å². The SMILES string of the molecule is OCCC(CO)NCC1CCC1. The standard InChI is InChI=1S/C9H19NO2/c11-5-4-9(7-12)10-6-8-2-1-3-8/h8-12H,1-7H2. The Morgan fingerprint density at radius 1 is 1.33 bits per heavy atom. The van der Waals surface area contributed by atoms with Crippen LogP contribution in [-0.4, -0.2) is 36.0 Å². The van der Waals surface area contributed by atoms with E-state index in [0.717, 1.165) is 12.5 Å². The van der Waals surface area contributed by atoms with Gasteiger partial charge in [0, 0.05) is 12.6 Å². The van der Waals surface area contributed by atoms with Crippen LogP contribution < -0.4 is 5.32 Å². The van der Waals surface area contributed by atoms with Crippen LogP contribution in [0, 0.1) is 5.92 Å². The number of aliphatic hydroxyl groups is 2. The Bertz CT molecular complexity index is 115. The van der Waals surface area contributed by atoms with E-state index in [-0.39, 0.29) is 19.3 Å². The maximum Gasteiger partial charge on any atom is 0.0585 e. The maximum absolute atomic E-state index is 8.89. The summed E-state index contributed by atoms with van der Waals surface area (Å²) in [5, 5.41) is 20.8. The van der Waals surface area contributed by atoms with Gasteiger partial charge in [0.2, 0.25) is 0 Å². The van der Waals surface area contributed by atoms with E-state index >= 15 is 0 Å². The first kappa shape index (κ1) is 9.96. The number of hydrogen-bond donors (Lipinski definition) is 3. The Morgan fingerprint density at radius 3 is 2.50 bits per heavy atom. The quantitative estimate of drug-likeness (QED) is 0.535. The summed E-state index contributed by atoms with van der Waals surface area (Å²) in [6, 6.07) is 0.0931. The maximum atomic E-state index is 8.89. The number of nitrogens with one attached hydrogen (secondary N) is 1. The Morgan fingerprint density at radius 2 is 2.08 bits per heavy atom. The molecule has 0 aromatic carbocycles. The molecule has 3 heteroatoms. The molecule has 0 aromatic heterocycles. The summed E-state index contributed by atoms with van der Waals surface area (Å²) >= 11 is 0. The molecule has 72 valence electrons. The van der Waals surface area contributed by atoms with Crippen LogP contribution in [0.5, 0.6) is 0 Å². The summed E-state index contributed by atoms with van der Waals surface area (Å²) in [4.78, 5) is 0. The summed E-state index contributed by atoms with van der Waals surface area (Å²) in [5.74, 6) is 0.817. The van der Waals surface area contributed by atoms with Gasteiger partial charge in [0.1, 0.15) is 0 Å². The highest BCUT2D eigenvalue weighted by atomic mass is 16.3. The summed E-state index contributed by atoms with van der Waals surface area (Å²) in [5.41, 5.74) is 0. The van der Waals surface area contributed by atoms with Crippen LogP contribution in [0.4, 0.5) is 0 Å². The van der Waals surface area contributed by atoms with Crippen molar-refractivity contribution in [3.05, 3.63) is 0 Å². The van der Waals surface area contributed by atoms with Crippen LogP contribution in [0.25, 0.3) is 0 Å². The molecule has 1 atom stereocenters. The smallest absolute Gasteiger partial charge is 0.0585 e. The van der Waals surface area contributed by atoms with Crippen molar-refractivity contribution in [2.24, 2.45) is 5.92 Å². The molecule has 0 aromatic rings. The first-order valence-electron chi connectivity index (χ1n) is 4.82. The van der Waals surface area contributed by atoms with E-state index in [4.69, 9.17) is 10.2 Å². The van der Waals surface area contributed by atoms with E-state index in [1.54, 1.807) is 0 Å². The topological polar surface area (TPSA) is 52.5 Å². The highest BCUT2D eigenvalue weighted by molar-refractivity contribution is 4.74. The molecule has 12 heavy (non-hydrogen) atoms. The summed E-state index contributed by atoms with van der Waals surface area (Å²) in [6.07, 6.45) is 4.66. The lowest BCUT2D eigenvalue weighted by molar-refractivity contribution is 0.187. The van der Waals surface area contributed by atoms with Crippen molar-refractivity contribution in [3.63, 3.8) is 0 Å². The molecule has 0 saturated heterocycles. The first-order valence-corrected chi connectivity index (χ1v) is 4.82. The van der Waals surface area contributed by atoms with E-state index < -0.39 is 0 Å². The average molecular weight is 173 g/mol. The highest BCUT2D eigenvalue weighted by Crippen LogP contribution is 2.25. The van der Waals surface area contributed by atoms with Gasteiger partial charge in [-0.15, -0.1) is 0 Å². The predicted octanol–water partition coefficient (Wildman–Crippen LogP) is 0.119. The zero-order chi connectivity index (χ0) is 8.81. The fraction of sp³-hybridized carbons (Fsp3) is 1.00. The van der Waals surface area contributed by atoms with Gasteiger partial charge in [0.15, 0.2) is 0 Å². The van der Waals surface area contributed by atoms with Crippen molar-refractivity contribution in [1.29, 1.82) is 0 Å². The van der Waals surface area contributed by atoms with Crippen LogP contribution >= 0.6 is 0 Å². The van der Waals surface area contributed by atoms with Crippen LogP contribution in [0.3, 0.4) is 0 Å². The molecule has 0 amide bonds. The molecule has 1 unspecified atom stereocenters. The van der Waals surface area contributed by atoms with Crippen LogP contribution in [0.1, 0.15) is 25.7 Å². The lowest BCUT2D eigenvalue weighted by atomic mass is 9.85. The molecule has 1 saturated carbocycles. The lowest BCUT2D eigenvalue weighted by Gasteiger charge is -2.27. The second kappa shape index (κ2) is 5.51. The van der Waals surface area contributed by atoms with Crippen molar-refractivity contribution in [2.75, 3.05) is 19.8 Å². The average Bonchev–Trinajstić information content (AvgIpc) is 2.00. The first-order chi connectivity index (χ1) is 5.86. The van der Waals surface area contributed by atoms with Gasteiger partial charge in [-0.1, -0.05) is 6.42 Å². The summed E-state index contributed by atoms with van der Waals surface area (Å²) in [7, 11) is 0. The van der Waals surface area contributed by atoms with Crippen LogP contribution in [-0.2, 0) is 0 Å². The fourth-order valence-electron chi connectivity index (χ4n) is 1.44. The lowest BCUT2D eigenvalue weighted by Crippen LogP contribution is -2.38. The van der Waals surface area contributed by atoms with Crippen molar-refractivity contribution >= 4 is 0 Å². The van der Waals surface area contributed by atoms with Gasteiger partial charge >= 0.3 is 0 Å². The molecule has 0 spiro atoms. The van der Waals surface area contributed by atoms with Gasteiger partial charge in [-0.3, -0.25) is 0 Å². The minimum atomic E-state index is 0.0931. The normalized spacial score (nSPS) is 20.5. The molecule has 1 fully saturated rings. The molecule has 0 radical (unpaired) electrons. The van der Waals surface area contributed by atoms with Gasteiger partial charge in [0.05, 0.1) is 6.61 Å². The number of hydrogen-bond acceptors (Lipinski definition) is 3. The minimum absolute atomic E-state index is 0.0931. The van der Waals surface area contributed by atoms with Crippen LogP contribution in [0.15, 0.2) is 0 Å². The second-order valence-electron chi connectivity index (χ2n) is 3.60. The van der Waals surface area contributed by atoms with Crippen LogP contribution in [0.2, 0.25) is 0 Å². The van der Waals surface area contributed by atoms with Crippen molar-refractivity contribution in [2.45, 2.75) is 31.7 Å². The molecule has 1 aliphatic carbocycles. The van der Waals surface area contributed by atoms with Crippen molar-refractivity contribution in [3.8, 4) is 0 Å². The van der Waals surface area contributed by atoms with Gasteiger partial charge in [-0.2, -0.15) is 0 Å². The largest absolute Gasteiger partial charge is 0.396 e. The van der Waals surface area contributed by atoms with Gasteiger partial charge in [0.25, 0.3) is 0 Å². The monoisotopic (exact) mass is 173 g/mol.